The van der Waals surface area contributed by atoms with Crippen molar-refractivity contribution in [3.63, 3.8) is 0 Å². The lowest BCUT2D eigenvalue weighted by Gasteiger charge is -2.17. The van der Waals surface area contributed by atoms with E-state index in [9.17, 15) is 14.4 Å². The summed E-state index contributed by atoms with van der Waals surface area (Å²) >= 11 is 0. The van der Waals surface area contributed by atoms with Crippen LogP contribution in [0.1, 0.15) is 35.3 Å². The molecule has 0 radical (unpaired) electrons. The summed E-state index contributed by atoms with van der Waals surface area (Å²) in [6.07, 6.45) is 1.61. The Bertz CT molecular complexity index is 1110. The number of carbonyl (C=O) groups excluding carboxylic acids is 3. The number of para-hydroxylation sites is 1. The molecular formula is C24H27N3O3. The van der Waals surface area contributed by atoms with E-state index in [0.29, 0.717) is 24.0 Å². The number of amides is 2. The van der Waals surface area contributed by atoms with Gasteiger partial charge in [0.15, 0.2) is 0 Å². The maximum absolute atomic E-state index is 12.9. The number of nitrogens with zero attached hydrogens (tertiary/aromatic N) is 2. The van der Waals surface area contributed by atoms with E-state index < -0.39 is 11.7 Å². The molecule has 6 nitrogen and oxygen atoms in total. The van der Waals surface area contributed by atoms with E-state index in [2.05, 4.69) is 5.32 Å². The van der Waals surface area contributed by atoms with Gasteiger partial charge in [-0.2, -0.15) is 0 Å². The molecule has 0 atom stereocenters. The summed E-state index contributed by atoms with van der Waals surface area (Å²) in [5, 5.41) is 3.61. The van der Waals surface area contributed by atoms with Crippen molar-refractivity contribution in [1.29, 1.82) is 0 Å². The van der Waals surface area contributed by atoms with Crippen LogP contribution in [0.25, 0.3) is 10.9 Å². The van der Waals surface area contributed by atoms with Gasteiger partial charge in [-0.15, -0.1) is 0 Å². The number of aromatic nitrogens is 1. The van der Waals surface area contributed by atoms with E-state index >= 15 is 0 Å². The molecule has 0 fully saturated rings. The van der Waals surface area contributed by atoms with Gasteiger partial charge in [0.05, 0.1) is 5.56 Å². The zero-order chi connectivity index (χ0) is 21.8. The molecule has 0 aliphatic rings. The molecule has 30 heavy (non-hydrogen) atoms. The van der Waals surface area contributed by atoms with Gasteiger partial charge in [0.25, 0.3) is 11.7 Å². The molecule has 0 saturated carbocycles. The molecule has 1 aromatic heterocycles. The van der Waals surface area contributed by atoms with Crippen molar-refractivity contribution >= 4 is 34.2 Å². The molecule has 156 valence electrons. The highest BCUT2D eigenvalue weighted by atomic mass is 16.2. The largest absolute Gasteiger partial charge is 0.337 e. The van der Waals surface area contributed by atoms with Crippen LogP contribution in [0.3, 0.4) is 0 Å². The number of hydrogen-bond donors (Lipinski definition) is 1. The topological polar surface area (TPSA) is 71.4 Å². The molecule has 3 rings (SSSR count). The minimum Gasteiger partial charge on any atom is -0.337 e. The van der Waals surface area contributed by atoms with Crippen molar-refractivity contribution in [2.24, 2.45) is 0 Å². The van der Waals surface area contributed by atoms with Crippen molar-refractivity contribution in [2.75, 3.05) is 18.4 Å². The van der Waals surface area contributed by atoms with Crippen LogP contribution in [0.4, 0.5) is 5.69 Å². The van der Waals surface area contributed by atoms with Crippen LogP contribution in [-0.2, 0) is 16.1 Å². The van der Waals surface area contributed by atoms with Crippen molar-refractivity contribution in [3.05, 3.63) is 65.4 Å². The van der Waals surface area contributed by atoms with Gasteiger partial charge in [-0.1, -0.05) is 30.3 Å². The van der Waals surface area contributed by atoms with E-state index in [1.165, 1.54) is 4.90 Å². The Morgan fingerprint density at radius 3 is 2.37 bits per heavy atom. The number of rotatable bonds is 7. The number of fused-ring (bicyclic) bond motifs is 1. The first-order valence-corrected chi connectivity index (χ1v) is 10.1. The molecule has 6 heteroatoms. The first-order chi connectivity index (χ1) is 14.4. The quantitative estimate of drug-likeness (QED) is 0.478. The number of ketones is 1. The Morgan fingerprint density at radius 2 is 1.67 bits per heavy atom. The normalized spacial score (nSPS) is 10.8. The number of aryl methyl sites for hydroxylation is 1. The summed E-state index contributed by atoms with van der Waals surface area (Å²) in [6.45, 7) is 8.63. The number of likely N-dealkylation sites (N-methyl/N-ethyl adjacent to an activating group) is 1. The van der Waals surface area contributed by atoms with E-state index in [0.717, 1.165) is 22.3 Å². The summed E-state index contributed by atoms with van der Waals surface area (Å²) in [6, 6.07) is 13.1. The number of nitrogens with one attached hydrogen (secondary N) is 1. The van der Waals surface area contributed by atoms with Gasteiger partial charge in [-0.25, -0.2) is 0 Å². The molecule has 3 aromatic rings. The average molecular weight is 405 g/mol. The zero-order valence-electron chi connectivity index (χ0n) is 17.9. The molecule has 1 N–H and O–H groups in total. The molecule has 0 unspecified atom stereocenters. The molecule has 0 spiro atoms. The van der Waals surface area contributed by atoms with Crippen LogP contribution in [0.2, 0.25) is 0 Å². The van der Waals surface area contributed by atoms with Crippen LogP contribution in [0.5, 0.6) is 0 Å². The van der Waals surface area contributed by atoms with Crippen molar-refractivity contribution in [2.45, 2.75) is 34.2 Å². The summed E-state index contributed by atoms with van der Waals surface area (Å²) in [7, 11) is 0. The van der Waals surface area contributed by atoms with Gasteiger partial charge in [-0.3, -0.25) is 14.4 Å². The Labute approximate surface area is 176 Å². The predicted octanol–water partition coefficient (Wildman–Crippen LogP) is 3.95. The molecule has 0 saturated heterocycles. The average Bonchev–Trinajstić information content (AvgIpc) is 3.10. The van der Waals surface area contributed by atoms with Crippen LogP contribution < -0.4 is 5.32 Å². The van der Waals surface area contributed by atoms with Crippen molar-refractivity contribution in [1.82, 2.24) is 9.47 Å². The molecule has 0 aliphatic heterocycles. The summed E-state index contributed by atoms with van der Waals surface area (Å²) in [4.78, 5) is 39.7. The van der Waals surface area contributed by atoms with Crippen molar-refractivity contribution < 1.29 is 14.4 Å². The van der Waals surface area contributed by atoms with Crippen LogP contribution in [-0.4, -0.2) is 40.2 Å². The monoisotopic (exact) mass is 405 g/mol. The van der Waals surface area contributed by atoms with Crippen LogP contribution in [0.15, 0.2) is 48.7 Å². The summed E-state index contributed by atoms with van der Waals surface area (Å²) in [5.41, 5.74) is 3.95. The van der Waals surface area contributed by atoms with Gasteiger partial charge in [0, 0.05) is 35.9 Å². The maximum atomic E-state index is 12.9. The number of anilines is 1. The van der Waals surface area contributed by atoms with Crippen molar-refractivity contribution in [3.8, 4) is 0 Å². The minimum atomic E-state index is -0.552. The highest BCUT2D eigenvalue weighted by Crippen LogP contribution is 2.23. The standard InChI is InChI=1S/C24H27N3O3/c1-5-26(6-2)24(30)23(29)19-14-27(21-13-8-7-11-18(19)21)15-22(28)25-20-12-9-10-16(3)17(20)4/h7-14H,5-6,15H2,1-4H3,(H,25,28). The molecule has 1 heterocycles. The lowest BCUT2D eigenvalue weighted by Crippen LogP contribution is -2.36. The zero-order valence-corrected chi connectivity index (χ0v) is 17.9. The first-order valence-electron chi connectivity index (χ1n) is 10.1. The first kappa shape index (κ1) is 21.3. The predicted molar refractivity (Wildman–Crippen MR) is 119 cm³/mol. The Kier molecular flexibility index (Phi) is 6.35. The van der Waals surface area contributed by atoms with Gasteiger partial charge >= 0.3 is 0 Å². The summed E-state index contributed by atoms with van der Waals surface area (Å²) < 4.78 is 1.72. The smallest absolute Gasteiger partial charge is 0.295 e. The molecule has 2 aromatic carbocycles. The number of hydrogen-bond acceptors (Lipinski definition) is 3. The van der Waals surface area contributed by atoms with E-state index in [1.54, 1.807) is 16.8 Å². The number of carbonyl (C=O) groups is 3. The Balaban J connectivity index is 1.90. The van der Waals surface area contributed by atoms with Gasteiger partial charge in [-0.05, 0) is 51.0 Å². The second-order valence-electron chi connectivity index (χ2n) is 7.29. The van der Waals surface area contributed by atoms with Gasteiger partial charge in [0.1, 0.15) is 6.54 Å². The lowest BCUT2D eigenvalue weighted by atomic mass is 10.1. The fourth-order valence-corrected chi connectivity index (χ4v) is 3.56. The minimum absolute atomic E-state index is 0.0423. The fraction of sp³-hybridized carbons (Fsp3) is 0.292. The number of Topliss-reactive ketones (excluding diaryl/α,β-unsaturated/α-hetero) is 1. The summed E-state index contributed by atoms with van der Waals surface area (Å²) in [5.74, 6) is -1.27. The van der Waals surface area contributed by atoms with E-state index in [1.807, 2.05) is 64.1 Å². The van der Waals surface area contributed by atoms with Crippen LogP contribution >= 0.6 is 0 Å². The van der Waals surface area contributed by atoms with Gasteiger partial charge < -0.3 is 14.8 Å². The van der Waals surface area contributed by atoms with Crippen LogP contribution in [0, 0.1) is 13.8 Å². The SMILES string of the molecule is CCN(CC)C(=O)C(=O)c1cn(CC(=O)Nc2cccc(C)c2C)c2ccccc12. The lowest BCUT2D eigenvalue weighted by molar-refractivity contribution is -0.126. The maximum Gasteiger partial charge on any atom is 0.295 e. The third-order valence-electron chi connectivity index (χ3n) is 5.47. The highest BCUT2D eigenvalue weighted by Gasteiger charge is 2.25. The third-order valence-corrected chi connectivity index (χ3v) is 5.47. The second kappa shape index (κ2) is 8.95. The van der Waals surface area contributed by atoms with E-state index in [4.69, 9.17) is 0 Å². The molecule has 0 aliphatic carbocycles. The Hall–Kier alpha value is -3.41. The molecule has 2 amide bonds. The number of benzene rings is 2. The Morgan fingerprint density at radius 1 is 0.967 bits per heavy atom. The fourth-order valence-electron chi connectivity index (χ4n) is 3.56. The molecular weight excluding hydrogens is 378 g/mol. The third kappa shape index (κ3) is 4.13. The second-order valence-corrected chi connectivity index (χ2v) is 7.29. The molecule has 0 bridgehead atoms. The van der Waals surface area contributed by atoms with Gasteiger partial charge in [0.2, 0.25) is 5.91 Å². The van der Waals surface area contributed by atoms with E-state index in [-0.39, 0.29) is 12.5 Å². The highest BCUT2D eigenvalue weighted by molar-refractivity contribution is 6.44.